The number of benzene rings is 3. The number of Topliss-reactive ketones (excluding diaryl/α,β-unsaturated/α-hetero) is 1. The van der Waals surface area contributed by atoms with Gasteiger partial charge in [-0.25, -0.2) is 4.79 Å². The number of nitrogens with one attached hydrogen (secondary N) is 1. The Labute approximate surface area is 169 Å². The van der Waals surface area contributed by atoms with Gasteiger partial charge in [0.15, 0.2) is 6.10 Å². The summed E-state index contributed by atoms with van der Waals surface area (Å²) in [5.74, 6) is -1.10. The van der Waals surface area contributed by atoms with Gasteiger partial charge in [-0.1, -0.05) is 48.0 Å². The van der Waals surface area contributed by atoms with E-state index in [9.17, 15) is 14.4 Å². The smallest absolute Gasteiger partial charge is 0.338 e. The molecule has 0 spiro atoms. The van der Waals surface area contributed by atoms with Crippen molar-refractivity contribution in [2.45, 2.75) is 20.0 Å². The first-order chi connectivity index (χ1) is 13.9. The highest BCUT2D eigenvalue weighted by atomic mass is 16.5. The van der Waals surface area contributed by atoms with Gasteiger partial charge in [0.2, 0.25) is 5.78 Å². The average Bonchev–Trinajstić information content (AvgIpc) is 2.74. The summed E-state index contributed by atoms with van der Waals surface area (Å²) in [5, 5.41) is 2.76. The van der Waals surface area contributed by atoms with Crippen LogP contribution in [0.25, 0.3) is 0 Å². The third kappa shape index (κ3) is 5.17. The Morgan fingerprint density at radius 3 is 1.97 bits per heavy atom. The van der Waals surface area contributed by atoms with Crippen molar-refractivity contribution in [2.75, 3.05) is 5.32 Å². The minimum atomic E-state index is -0.900. The molecule has 0 bridgehead atoms. The van der Waals surface area contributed by atoms with Gasteiger partial charge in [-0.15, -0.1) is 0 Å². The van der Waals surface area contributed by atoms with Crippen LogP contribution < -0.4 is 5.32 Å². The highest BCUT2D eigenvalue weighted by Gasteiger charge is 2.20. The Bertz CT molecular complexity index is 1010. The van der Waals surface area contributed by atoms with E-state index in [-0.39, 0.29) is 11.7 Å². The molecule has 0 aromatic heterocycles. The van der Waals surface area contributed by atoms with E-state index in [0.717, 1.165) is 5.56 Å². The SMILES string of the molecule is Cc1ccc(C(=O)[C@H](C)OC(=O)c2ccc(NC(=O)c3ccccc3)cc2)cc1. The van der Waals surface area contributed by atoms with Crippen molar-refractivity contribution in [3.63, 3.8) is 0 Å². The number of ether oxygens (including phenoxy) is 1. The zero-order chi connectivity index (χ0) is 20.8. The molecule has 0 saturated carbocycles. The second kappa shape index (κ2) is 8.97. The standard InChI is InChI=1S/C24H21NO4/c1-16-8-10-18(11-9-16)22(26)17(2)29-24(28)20-12-14-21(15-13-20)25-23(27)19-6-4-3-5-7-19/h3-15,17H,1-2H3,(H,25,27)/t17-/m0/s1. The van der Waals surface area contributed by atoms with Crippen LogP contribution in [-0.2, 0) is 4.74 Å². The van der Waals surface area contributed by atoms with Crippen molar-refractivity contribution in [3.05, 3.63) is 101 Å². The van der Waals surface area contributed by atoms with Gasteiger partial charge < -0.3 is 10.1 Å². The van der Waals surface area contributed by atoms with E-state index in [4.69, 9.17) is 4.74 Å². The van der Waals surface area contributed by atoms with E-state index in [1.54, 1.807) is 67.6 Å². The molecule has 5 heteroatoms. The van der Waals surface area contributed by atoms with Gasteiger partial charge in [-0.2, -0.15) is 0 Å². The monoisotopic (exact) mass is 387 g/mol. The largest absolute Gasteiger partial charge is 0.451 e. The summed E-state index contributed by atoms with van der Waals surface area (Å²) in [6, 6.07) is 22.3. The molecule has 1 N–H and O–H groups in total. The van der Waals surface area contributed by atoms with Crippen molar-refractivity contribution in [3.8, 4) is 0 Å². The van der Waals surface area contributed by atoms with Crippen LogP contribution >= 0.6 is 0 Å². The number of aryl methyl sites for hydroxylation is 1. The lowest BCUT2D eigenvalue weighted by atomic mass is 10.1. The lowest BCUT2D eigenvalue weighted by Crippen LogP contribution is -2.24. The molecule has 0 aliphatic rings. The van der Waals surface area contributed by atoms with Crippen molar-refractivity contribution in [1.29, 1.82) is 0 Å². The van der Waals surface area contributed by atoms with E-state index < -0.39 is 12.1 Å². The Hall–Kier alpha value is -3.73. The molecular formula is C24H21NO4. The number of esters is 1. The van der Waals surface area contributed by atoms with Crippen molar-refractivity contribution in [2.24, 2.45) is 0 Å². The van der Waals surface area contributed by atoms with Crippen LogP contribution in [0.5, 0.6) is 0 Å². The predicted molar refractivity (Wildman–Crippen MR) is 111 cm³/mol. The molecular weight excluding hydrogens is 366 g/mol. The Balaban J connectivity index is 1.60. The number of hydrogen-bond donors (Lipinski definition) is 1. The van der Waals surface area contributed by atoms with E-state index in [1.807, 2.05) is 25.1 Å². The summed E-state index contributed by atoms with van der Waals surface area (Å²) < 4.78 is 5.30. The number of ketones is 1. The summed E-state index contributed by atoms with van der Waals surface area (Å²) in [7, 11) is 0. The number of amides is 1. The van der Waals surface area contributed by atoms with Crippen LogP contribution in [0.3, 0.4) is 0 Å². The first-order valence-corrected chi connectivity index (χ1v) is 9.22. The van der Waals surface area contributed by atoms with E-state index in [2.05, 4.69) is 5.32 Å². The minimum absolute atomic E-state index is 0.238. The molecule has 1 atom stereocenters. The third-order valence-corrected chi connectivity index (χ3v) is 4.40. The molecule has 1 amide bonds. The van der Waals surface area contributed by atoms with E-state index >= 15 is 0 Å². The van der Waals surface area contributed by atoms with Gasteiger partial charge in [0.1, 0.15) is 0 Å². The lowest BCUT2D eigenvalue weighted by Gasteiger charge is -2.13. The summed E-state index contributed by atoms with van der Waals surface area (Å²) >= 11 is 0. The molecule has 0 saturated heterocycles. The highest BCUT2D eigenvalue weighted by molar-refractivity contribution is 6.04. The molecule has 0 heterocycles. The number of carbonyl (C=O) groups is 3. The van der Waals surface area contributed by atoms with Gasteiger partial charge in [0.25, 0.3) is 5.91 Å². The maximum absolute atomic E-state index is 12.4. The van der Waals surface area contributed by atoms with Crippen LogP contribution in [0.1, 0.15) is 43.6 Å². The van der Waals surface area contributed by atoms with E-state index in [1.165, 1.54) is 0 Å². The Morgan fingerprint density at radius 2 is 1.34 bits per heavy atom. The van der Waals surface area contributed by atoms with Crippen LogP contribution in [0, 0.1) is 6.92 Å². The summed E-state index contributed by atoms with van der Waals surface area (Å²) in [5.41, 5.74) is 2.94. The lowest BCUT2D eigenvalue weighted by molar-refractivity contribution is 0.0319. The van der Waals surface area contributed by atoms with Gasteiger partial charge in [0.05, 0.1) is 5.56 Å². The van der Waals surface area contributed by atoms with E-state index in [0.29, 0.717) is 22.4 Å². The fourth-order valence-electron chi connectivity index (χ4n) is 2.72. The zero-order valence-electron chi connectivity index (χ0n) is 16.2. The number of carbonyl (C=O) groups excluding carboxylic acids is 3. The molecule has 0 aliphatic carbocycles. The van der Waals surface area contributed by atoms with Crippen molar-refractivity contribution < 1.29 is 19.1 Å². The van der Waals surface area contributed by atoms with Gasteiger partial charge in [-0.05, 0) is 50.2 Å². The van der Waals surface area contributed by atoms with Crippen LogP contribution in [0.2, 0.25) is 0 Å². The maximum atomic E-state index is 12.4. The normalized spacial score (nSPS) is 11.4. The molecule has 3 aromatic carbocycles. The molecule has 29 heavy (non-hydrogen) atoms. The first kappa shape index (κ1) is 20.0. The fourth-order valence-corrected chi connectivity index (χ4v) is 2.72. The molecule has 0 radical (unpaired) electrons. The fraction of sp³-hybridized carbons (Fsp3) is 0.125. The molecule has 3 aromatic rings. The van der Waals surface area contributed by atoms with Crippen LogP contribution in [-0.4, -0.2) is 23.8 Å². The summed E-state index contributed by atoms with van der Waals surface area (Å²) in [4.78, 5) is 36.9. The maximum Gasteiger partial charge on any atom is 0.338 e. The minimum Gasteiger partial charge on any atom is -0.451 e. The second-order valence-corrected chi connectivity index (χ2v) is 6.68. The van der Waals surface area contributed by atoms with Crippen molar-refractivity contribution >= 4 is 23.3 Å². The molecule has 0 aliphatic heterocycles. The van der Waals surface area contributed by atoms with Gasteiger partial charge >= 0.3 is 5.97 Å². The average molecular weight is 387 g/mol. The van der Waals surface area contributed by atoms with Crippen molar-refractivity contribution in [1.82, 2.24) is 0 Å². The summed E-state index contributed by atoms with van der Waals surface area (Å²) in [6.07, 6.45) is -0.900. The Morgan fingerprint density at radius 1 is 0.759 bits per heavy atom. The molecule has 5 nitrogen and oxygen atoms in total. The van der Waals surface area contributed by atoms with Gasteiger partial charge in [-0.3, -0.25) is 9.59 Å². The van der Waals surface area contributed by atoms with Gasteiger partial charge in [0, 0.05) is 16.8 Å². The number of rotatable bonds is 6. The topological polar surface area (TPSA) is 72.5 Å². The Kier molecular flexibility index (Phi) is 6.19. The second-order valence-electron chi connectivity index (χ2n) is 6.68. The van der Waals surface area contributed by atoms with Crippen LogP contribution in [0.15, 0.2) is 78.9 Å². The number of hydrogen-bond acceptors (Lipinski definition) is 4. The molecule has 0 unspecified atom stereocenters. The molecule has 146 valence electrons. The first-order valence-electron chi connectivity index (χ1n) is 9.22. The van der Waals surface area contributed by atoms with Crippen LogP contribution in [0.4, 0.5) is 5.69 Å². The molecule has 3 rings (SSSR count). The highest BCUT2D eigenvalue weighted by Crippen LogP contribution is 2.14. The third-order valence-electron chi connectivity index (χ3n) is 4.40. The quantitative estimate of drug-likeness (QED) is 0.493. The number of anilines is 1. The molecule has 0 fully saturated rings. The zero-order valence-corrected chi connectivity index (χ0v) is 16.2. The predicted octanol–water partition coefficient (Wildman–Crippen LogP) is 4.68. The summed E-state index contributed by atoms with van der Waals surface area (Å²) in [6.45, 7) is 3.48.